The molecule has 2 heteroatoms. The van der Waals surface area contributed by atoms with Crippen LogP contribution in [0.3, 0.4) is 0 Å². The molecule has 0 aromatic heterocycles. The predicted molar refractivity (Wildman–Crippen MR) is 35.5 cm³/mol. The van der Waals surface area contributed by atoms with Crippen molar-refractivity contribution >= 4 is 0 Å². The highest BCUT2D eigenvalue weighted by Crippen LogP contribution is 1.95. The fourth-order valence-electron chi connectivity index (χ4n) is 0.633. The second kappa shape index (κ2) is 3.17. The summed E-state index contributed by atoms with van der Waals surface area (Å²) in [7, 11) is 0. The number of hydrogen-bond acceptors (Lipinski definition) is 2. The monoisotopic (exact) mass is 124 g/mol. The van der Waals surface area contributed by atoms with Crippen LogP contribution in [-0.4, -0.2) is 13.2 Å². The van der Waals surface area contributed by atoms with Crippen molar-refractivity contribution in [3.05, 3.63) is 24.1 Å². The lowest BCUT2D eigenvalue weighted by Gasteiger charge is -2.10. The first-order valence-electron chi connectivity index (χ1n) is 3.08. The largest absolute Gasteiger partial charge is 0.479 e. The number of nitrogens with one attached hydrogen (secondary N) is 1. The van der Waals surface area contributed by atoms with E-state index in [0.717, 1.165) is 12.4 Å². The zero-order valence-electron chi connectivity index (χ0n) is 5.48. The van der Waals surface area contributed by atoms with Crippen LogP contribution in [0, 0.1) is 6.08 Å². The summed E-state index contributed by atoms with van der Waals surface area (Å²) in [6.45, 7) is 3.50. The summed E-state index contributed by atoms with van der Waals surface area (Å²) in [6, 6.07) is 0. The van der Waals surface area contributed by atoms with Gasteiger partial charge in [0.2, 0.25) is 0 Å². The van der Waals surface area contributed by atoms with Gasteiger partial charge in [-0.15, -0.1) is 0 Å². The fourth-order valence-corrected chi connectivity index (χ4v) is 0.633. The molecule has 0 unspecified atom stereocenters. The third-order valence-electron chi connectivity index (χ3n) is 1.00. The van der Waals surface area contributed by atoms with E-state index in [1.54, 1.807) is 0 Å². The van der Waals surface area contributed by atoms with Crippen molar-refractivity contribution in [2.45, 2.75) is 6.92 Å². The SMILES string of the molecule is CCOC1=[C]C=CCN1. The maximum absolute atomic E-state index is 5.13. The average Bonchev–Trinajstić information content (AvgIpc) is 1.91. The van der Waals surface area contributed by atoms with E-state index in [1.165, 1.54) is 0 Å². The summed E-state index contributed by atoms with van der Waals surface area (Å²) in [5, 5.41) is 3.02. The second-order valence-corrected chi connectivity index (χ2v) is 1.69. The van der Waals surface area contributed by atoms with Gasteiger partial charge in [0.15, 0.2) is 5.88 Å². The molecule has 0 saturated heterocycles. The number of hydrogen-bond donors (Lipinski definition) is 1. The molecule has 0 saturated carbocycles. The van der Waals surface area contributed by atoms with Crippen LogP contribution in [-0.2, 0) is 4.74 Å². The molecule has 2 nitrogen and oxygen atoms in total. The highest BCUT2D eigenvalue weighted by atomic mass is 16.5. The molecule has 0 aromatic rings. The number of ether oxygens (including phenoxy) is 1. The Balaban J connectivity index is 2.38. The molecular formula is C7H10NO. The summed E-state index contributed by atoms with van der Waals surface area (Å²) in [5.74, 6) is 0.750. The number of rotatable bonds is 2. The molecule has 1 rings (SSSR count). The minimum absolute atomic E-state index is 0.698. The minimum atomic E-state index is 0.698. The first-order valence-corrected chi connectivity index (χ1v) is 3.08. The van der Waals surface area contributed by atoms with Gasteiger partial charge in [0.1, 0.15) is 0 Å². The highest BCUT2D eigenvalue weighted by Gasteiger charge is 1.95. The Morgan fingerprint density at radius 2 is 2.78 bits per heavy atom. The van der Waals surface area contributed by atoms with Gasteiger partial charge >= 0.3 is 0 Å². The van der Waals surface area contributed by atoms with E-state index in [1.807, 2.05) is 19.1 Å². The summed E-state index contributed by atoms with van der Waals surface area (Å²) in [4.78, 5) is 0. The summed E-state index contributed by atoms with van der Waals surface area (Å²) in [6.07, 6.45) is 6.77. The Morgan fingerprint density at radius 1 is 1.89 bits per heavy atom. The molecular weight excluding hydrogens is 114 g/mol. The Kier molecular flexibility index (Phi) is 2.19. The molecule has 1 aliphatic heterocycles. The van der Waals surface area contributed by atoms with E-state index in [4.69, 9.17) is 4.74 Å². The molecule has 1 radical (unpaired) electrons. The van der Waals surface area contributed by atoms with Gasteiger partial charge in [-0.3, -0.25) is 0 Å². The summed E-state index contributed by atoms with van der Waals surface area (Å²) >= 11 is 0. The van der Waals surface area contributed by atoms with E-state index >= 15 is 0 Å². The molecule has 0 aromatic carbocycles. The van der Waals surface area contributed by atoms with Crippen LogP contribution in [0.5, 0.6) is 0 Å². The van der Waals surface area contributed by atoms with Crippen molar-refractivity contribution in [1.29, 1.82) is 0 Å². The van der Waals surface area contributed by atoms with Crippen LogP contribution in [0.1, 0.15) is 6.92 Å². The van der Waals surface area contributed by atoms with Crippen molar-refractivity contribution in [2.75, 3.05) is 13.2 Å². The molecule has 0 spiro atoms. The Hall–Kier alpha value is -0.920. The molecule has 0 amide bonds. The quantitative estimate of drug-likeness (QED) is 0.588. The lowest BCUT2D eigenvalue weighted by molar-refractivity contribution is 0.205. The highest BCUT2D eigenvalue weighted by molar-refractivity contribution is 5.05. The van der Waals surface area contributed by atoms with Gasteiger partial charge in [-0.2, -0.15) is 0 Å². The Morgan fingerprint density at radius 3 is 3.33 bits per heavy atom. The normalized spacial score (nSPS) is 16.3. The standard InChI is InChI=1S/C7H10NO/c1-2-9-7-5-3-4-6-8-7/h3-4,8H,2,6H2,1H3. The van der Waals surface area contributed by atoms with Crippen LogP contribution in [0.4, 0.5) is 0 Å². The van der Waals surface area contributed by atoms with E-state index in [0.29, 0.717) is 6.61 Å². The third kappa shape index (κ3) is 1.80. The van der Waals surface area contributed by atoms with Gasteiger partial charge in [0.25, 0.3) is 0 Å². The summed E-state index contributed by atoms with van der Waals surface area (Å²) in [5.41, 5.74) is 0. The smallest absolute Gasteiger partial charge is 0.195 e. The van der Waals surface area contributed by atoms with Crippen LogP contribution in [0.15, 0.2) is 18.0 Å². The molecule has 1 N–H and O–H groups in total. The van der Waals surface area contributed by atoms with Crippen molar-refractivity contribution in [2.24, 2.45) is 0 Å². The van der Waals surface area contributed by atoms with Crippen LogP contribution in [0.25, 0.3) is 0 Å². The van der Waals surface area contributed by atoms with Gasteiger partial charge in [0, 0.05) is 12.6 Å². The van der Waals surface area contributed by atoms with E-state index < -0.39 is 0 Å². The second-order valence-electron chi connectivity index (χ2n) is 1.69. The van der Waals surface area contributed by atoms with Crippen LogP contribution < -0.4 is 5.32 Å². The maximum Gasteiger partial charge on any atom is 0.195 e. The summed E-state index contributed by atoms with van der Waals surface area (Å²) < 4.78 is 5.13. The fraction of sp³-hybridized carbons (Fsp3) is 0.429. The molecule has 1 aliphatic rings. The van der Waals surface area contributed by atoms with Crippen molar-refractivity contribution < 1.29 is 4.74 Å². The molecule has 49 valence electrons. The molecule has 0 bridgehead atoms. The van der Waals surface area contributed by atoms with E-state index in [2.05, 4.69) is 11.4 Å². The first kappa shape index (κ1) is 6.20. The predicted octanol–water partition coefficient (Wildman–Crippen LogP) is 0.827. The Bertz CT molecular complexity index is 138. The lowest BCUT2D eigenvalue weighted by Crippen LogP contribution is -2.17. The molecule has 9 heavy (non-hydrogen) atoms. The molecule has 0 aliphatic carbocycles. The van der Waals surface area contributed by atoms with Gasteiger partial charge in [-0.1, -0.05) is 12.2 Å². The molecule has 0 atom stereocenters. The number of dihydropyridines is 1. The maximum atomic E-state index is 5.13. The Labute approximate surface area is 55.2 Å². The van der Waals surface area contributed by atoms with Gasteiger partial charge in [-0.05, 0) is 6.92 Å². The van der Waals surface area contributed by atoms with Gasteiger partial charge < -0.3 is 10.1 Å². The average molecular weight is 124 g/mol. The van der Waals surface area contributed by atoms with Crippen molar-refractivity contribution in [3.63, 3.8) is 0 Å². The third-order valence-corrected chi connectivity index (χ3v) is 1.00. The van der Waals surface area contributed by atoms with Crippen molar-refractivity contribution in [3.8, 4) is 0 Å². The lowest BCUT2D eigenvalue weighted by atomic mass is 10.4. The van der Waals surface area contributed by atoms with Crippen LogP contribution >= 0.6 is 0 Å². The number of allylic oxidation sites excluding steroid dienone is 2. The molecule has 0 fully saturated rings. The van der Waals surface area contributed by atoms with Gasteiger partial charge in [0.05, 0.1) is 6.61 Å². The first-order chi connectivity index (χ1) is 4.43. The molecule has 1 heterocycles. The topological polar surface area (TPSA) is 21.3 Å². The zero-order valence-corrected chi connectivity index (χ0v) is 5.48. The van der Waals surface area contributed by atoms with Gasteiger partial charge in [-0.25, -0.2) is 0 Å². The van der Waals surface area contributed by atoms with Crippen molar-refractivity contribution in [1.82, 2.24) is 5.32 Å². The van der Waals surface area contributed by atoms with E-state index in [9.17, 15) is 0 Å². The van der Waals surface area contributed by atoms with E-state index in [-0.39, 0.29) is 0 Å². The minimum Gasteiger partial charge on any atom is -0.479 e. The zero-order chi connectivity index (χ0) is 6.53. The van der Waals surface area contributed by atoms with Crippen LogP contribution in [0.2, 0.25) is 0 Å².